The number of para-hydroxylation sites is 2. The van der Waals surface area contributed by atoms with E-state index in [0.29, 0.717) is 11.9 Å². The maximum absolute atomic E-state index is 5.31. The summed E-state index contributed by atoms with van der Waals surface area (Å²) in [5.41, 5.74) is 1.73. The predicted octanol–water partition coefficient (Wildman–Crippen LogP) is 1.83. The molecule has 0 aliphatic carbocycles. The smallest absolute Gasteiger partial charge is 0.257 e. The van der Waals surface area contributed by atoms with E-state index in [1.54, 1.807) is 7.11 Å². The average molecular weight is 281 g/mol. The standard InChI is InChI=1S/C13H16N4O.ClH/c1-18-13-12(15-9-6-7-14-8-9)16-10-4-2-3-5-11(10)17-13;/h2-5,9,14H,6-8H2,1H3,(H,15,16);1H/t9-;/m0./s1. The minimum atomic E-state index is 0. The number of halogens is 1. The van der Waals surface area contributed by atoms with Crippen LogP contribution in [0.3, 0.4) is 0 Å². The van der Waals surface area contributed by atoms with Gasteiger partial charge in [-0.2, -0.15) is 0 Å². The maximum atomic E-state index is 5.31. The van der Waals surface area contributed by atoms with E-state index in [1.807, 2.05) is 24.3 Å². The first-order valence-corrected chi connectivity index (χ1v) is 6.15. The van der Waals surface area contributed by atoms with Crippen LogP contribution in [0.2, 0.25) is 0 Å². The Bertz CT molecular complexity index is 557. The lowest BCUT2D eigenvalue weighted by atomic mass is 10.2. The maximum Gasteiger partial charge on any atom is 0.257 e. The van der Waals surface area contributed by atoms with Gasteiger partial charge in [0.2, 0.25) is 0 Å². The van der Waals surface area contributed by atoms with Crippen LogP contribution in [-0.4, -0.2) is 36.2 Å². The van der Waals surface area contributed by atoms with Gasteiger partial charge in [-0.3, -0.25) is 0 Å². The molecule has 1 saturated heterocycles. The van der Waals surface area contributed by atoms with Crippen LogP contribution >= 0.6 is 12.4 Å². The molecule has 3 rings (SSSR count). The molecule has 0 bridgehead atoms. The Balaban J connectivity index is 0.00000133. The zero-order chi connectivity index (χ0) is 12.4. The molecule has 2 N–H and O–H groups in total. The van der Waals surface area contributed by atoms with Crippen molar-refractivity contribution in [2.24, 2.45) is 0 Å². The van der Waals surface area contributed by atoms with E-state index in [1.165, 1.54) is 0 Å². The van der Waals surface area contributed by atoms with Crippen LogP contribution in [0, 0.1) is 0 Å². The fraction of sp³-hybridized carbons (Fsp3) is 0.385. The van der Waals surface area contributed by atoms with Crippen molar-refractivity contribution >= 4 is 29.3 Å². The van der Waals surface area contributed by atoms with Gasteiger partial charge in [-0.25, -0.2) is 9.97 Å². The van der Waals surface area contributed by atoms with Crippen LogP contribution in [0.1, 0.15) is 6.42 Å². The number of aromatic nitrogens is 2. The Hall–Kier alpha value is -1.59. The summed E-state index contributed by atoms with van der Waals surface area (Å²) in [6.45, 7) is 2.00. The van der Waals surface area contributed by atoms with E-state index in [4.69, 9.17) is 4.74 Å². The molecule has 1 atom stereocenters. The number of methoxy groups -OCH3 is 1. The van der Waals surface area contributed by atoms with Crippen molar-refractivity contribution in [3.63, 3.8) is 0 Å². The van der Waals surface area contributed by atoms with Crippen LogP contribution in [0.25, 0.3) is 11.0 Å². The number of hydrogen-bond donors (Lipinski definition) is 2. The second-order valence-corrected chi connectivity index (χ2v) is 4.40. The highest BCUT2D eigenvalue weighted by atomic mass is 35.5. The largest absolute Gasteiger partial charge is 0.478 e. The molecule has 0 radical (unpaired) electrons. The summed E-state index contributed by atoms with van der Waals surface area (Å²) in [5.74, 6) is 1.28. The summed E-state index contributed by atoms with van der Waals surface area (Å²) < 4.78 is 5.31. The van der Waals surface area contributed by atoms with Gasteiger partial charge in [0.05, 0.1) is 18.1 Å². The van der Waals surface area contributed by atoms with Gasteiger partial charge in [-0.1, -0.05) is 12.1 Å². The number of rotatable bonds is 3. The Labute approximate surface area is 118 Å². The summed E-state index contributed by atoms with van der Waals surface area (Å²) in [6.07, 6.45) is 1.09. The molecule has 0 spiro atoms. The average Bonchev–Trinajstić information content (AvgIpc) is 2.91. The van der Waals surface area contributed by atoms with Crippen molar-refractivity contribution in [3.05, 3.63) is 24.3 Å². The lowest BCUT2D eigenvalue weighted by Crippen LogP contribution is -2.23. The molecule has 1 aromatic carbocycles. The number of hydrogen-bond acceptors (Lipinski definition) is 5. The van der Waals surface area contributed by atoms with Gasteiger partial charge in [0, 0.05) is 12.6 Å². The summed E-state index contributed by atoms with van der Waals surface area (Å²) in [5, 5.41) is 6.71. The Morgan fingerprint density at radius 3 is 2.63 bits per heavy atom. The molecule has 1 aliphatic heterocycles. The molecule has 1 fully saturated rings. The SMILES string of the molecule is COc1nc2ccccc2nc1N[C@H]1CCNC1.Cl. The van der Waals surface area contributed by atoms with E-state index in [-0.39, 0.29) is 12.4 Å². The summed E-state index contributed by atoms with van der Waals surface area (Å²) >= 11 is 0. The van der Waals surface area contributed by atoms with Crippen LogP contribution in [-0.2, 0) is 0 Å². The number of ether oxygens (including phenoxy) is 1. The molecule has 0 unspecified atom stereocenters. The Morgan fingerprint density at radius 1 is 1.26 bits per heavy atom. The number of benzene rings is 1. The number of anilines is 1. The third-order valence-corrected chi connectivity index (χ3v) is 3.13. The molecule has 1 aliphatic rings. The summed E-state index contributed by atoms with van der Waals surface area (Å²) in [4.78, 5) is 9.05. The zero-order valence-electron chi connectivity index (χ0n) is 10.7. The van der Waals surface area contributed by atoms with Crippen molar-refractivity contribution in [3.8, 4) is 5.88 Å². The topological polar surface area (TPSA) is 59.1 Å². The Kier molecular flexibility index (Phi) is 4.39. The molecule has 2 heterocycles. The first kappa shape index (κ1) is 13.8. The molecule has 0 amide bonds. The van der Waals surface area contributed by atoms with Crippen molar-refractivity contribution in [1.82, 2.24) is 15.3 Å². The van der Waals surface area contributed by atoms with E-state index in [2.05, 4.69) is 20.6 Å². The lowest BCUT2D eigenvalue weighted by molar-refractivity contribution is 0.399. The minimum Gasteiger partial charge on any atom is -0.478 e. The lowest BCUT2D eigenvalue weighted by Gasteiger charge is -2.14. The van der Waals surface area contributed by atoms with Crippen molar-refractivity contribution < 1.29 is 4.74 Å². The van der Waals surface area contributed by atoms with E-state index < -0.39 is 0 Å². The summed E-state index contributed by atoms with van der Waals surface area (Å²) in [7, 11) is 1.62. The molecular weight excluding hydrogens is 264 g/mol. The Morgan fingerprint density at radius 2 is 2.00 bits per heavy atom. The quantitative estimate of drug-likeness (QED) is 0.898. The molecule has 6 heteroatoms. The van der Waals surface area contributed by atoms with Gasteiger partial charge in [0.1, 0.15) is 0 Å². The molecule has 5 nitrogen and oxygen atoms in total. The number of nitrogens with zero attached hydrogens (tertiary/aromatic N) is 2. The van der Waals surface area contributed by atoms with Crippen LogP contribution in [0.15, 0.2) is 24.3 Å². The van der Waals surface area contributed by atoms with E-state index in [0.717, 1.165) is 36.4 Å². The highest BCUT2D eigenvalue weighted by Gasteiger charge is 2.17. The van der Waals surface area contributed by atoms with Gasteiger partial charge >= 0.3 is 0 Å². The number of fused-ring (bicyclic) bond motifs is 1. The molecule has 0 saturated carbocycles. The molecule has 1 aromatic heterocycles. The first-order chi connectivity index (χ1) is 8.86. The van der Waals surface area contributed by atoms with E-state index in [9.17, 15) is 0 Å². The first-order valence-electron chi connectivity index (χ1n) is 6.15. The molecule has 102 valence electrons. The summed E-state index contributed by atoms with van der Waals surface area (Å²) in [6, 6.07) is 8.20. The second-order valence-electron chi connectivity index (χ2n) is 4.40. The highest BCUT2D eigenvalue weighted by molar-refractivity contribution is 5.85. The van der Waals surface area contributed by atoms with Gasteiger partial charge in [0.25, 0.3) is 5.88 Å². The zero-order valence-corrected chi connectivity index (χ0v) is 11.5. The monoisotopic (exact) mass is 280 g/mol. The van der Waals surface area contributed by atoms with Crippen molar-refractivity contribution in [2.75, 3.05) is 25.5 Å². The minimum absolute atomic E-state index is 0. The van der Waals surface area contributed by atoms with Crippen LogP contribution in [0.5, 0.6) is 5.88 Å². The van der Waals surface area contributed by atoms with Crippen molar-refractivity contribution in [1.29, 1.82) is 0 Å². The third-order valence-electron chi connectivity index (χ3n) is 3.13. The molecular formula is C13H17ClN4O. The fourth-order valence-electron chi connectivity index (χ4n) is 2.19. The molecule has 19 heavy (non-hydrogen) atoms. The highest BCUT2D eigenvalue weighted by Crippen LogP contribution is 2.24. The van der Waals surface area contributed by atoms with Crippen molar-refractivity contribution in [2.45, 2.75) is 12.5 Å². The third kappa shape index (κ3) is 2.88. The van der Waals surface area contributed by atoms with Gasteiger partial charge in [-0.15, -0.1) is 12.4 Å². The van der Waals surface area contributed by atoms with E-state index >= 15 is 0 Å². The van der Waals surface area contributed by atoms with Crippen LogP contribution < -0.4 is 15.4 Å². The second kappa shape index (κ2) is 6.04. The fourth-order valence-corrected chi connectivity index (χ4v) is 2.19. The molecule has 2 aromatic rings. The predicted molar refractivity (Wildman–Crippen MR) is 78.2 cm³/mol. The van der Waals surface area contributed by atoms with Crippen LogP contribution in [0.4, 0.5) is 5.82 Å². The van der Waals surface area contributed by atoms with Gasteiger partial charge in [0.15, 0.2) is 5.82 Å². The number of nitrogens with one attached hydrogen (secondary N) is 2. The van der Waals surface area contributed by atoms with Gasteiger partial charge in [-0.05, 0) is 25.1 Å². The normalized spacial score (nSPS) is 18.1. The van der Waals surface area contributed by atoms with Gasteiger partial charge < -0.3 is 15.4 Å².